The predicted octanol–water partition coefficient (Wildman–Crippen LogP) is 2.17. The summed E-state index contributed by atoms with van der Waals surface area (Å²) < 4.78 is 13.8. The molecular weight excluding hydrogens is 269 g/mol. The normalized spacial score (nSPS) is 24.6. The van der Waals surface area contributed by atoms with E-state index in [9.17, 15) is 9.18 Å². The monoisotopic (exact) mass is 289 g/mol. The summed E-state index contributed by atoms with van der Waals surface area (Å²) in [5.41, 5.74) is 6.22. The van der Waals surface area contributed by atoms with E-state index in [4.69, 9.17) is 11.0 Å². The summed E-state index contributed by atoms with van der Waals surface area (Å²) in [5, 5.41) is 8.88. The van der Waals surface area contributed by atoms with E-state index >= 15 is 0 Å². The first-order valence-corrected chi connectivity index (χ1v) is 7.08. The Morgan fingerprint density at radius 2 is 2.33 bits per heavy atom. The molecule has 5 heteroatoms. The van der Waals surface area contributed by atoms with Crippen LogP contribution in [0.2, 0.25) is 0 Å². The van der Waals surface area contributed by atoms with Gasteiger partial charge >= 0.3 is 0 Å². The van der Waals surface area contributed by atoms with Crippen LogP contribution in [0.3, 0.4) is 0 Å². The highest BCUT2D eigenvalue weighted by Crippen LogP contribution is 2.38. The van der Waals surface area contributed by atoms with Gasteiger partial charge in [0.25, 0.3) is 0 Å². The summed E-state index contributed by atoms with van der Waals surface area (Å²) in [5.74, 6) is -0.469. The number of halogens is 1. The van der Waals surface area contributed by atoms with E-state index in [1.807, 2.05) is 13.0 Å². The van der Waals surface area contributed by atoms with E-state index in [1.165, 1.54) is 23.1 Å². The Morgan fingerprint density at radius 1 is 1.62 bits per heavy atom. The summed E-state index contributed by atoms with van der Waals surface area (Å²) in [6.45, 7) is 2.02. The van der Waals surface area contributed by atoms with Crippen LogP contribution in [0.25, 0.3) is 0 Å². The van der Waals surface area contributed by atoms with Crippen molar-refractivity contribution in [2.45, 2.75) is 38.8 Å². The molecule has 4 nitrogen and oxygen atoms in total. The van der Waals surface area contributed by atoms with Crippen molar-refractivity contribution in [1.82, 2.24) is 4.90 Å². The number of rotatable bonds is 3. The highest BCUT2D eigenvalue weighted by atomic mass is 19.1. The summed E-state index contributed by atoms with van der Waals surface area (Å²) >= 11 is 0. The smallest absolute Gasteiger partial charge is 0.230 e. The minimum absolute atomic E-state index is 0.0609. The fraction of sp³-hybridized carbons (Fsp3) is 0.500. The molecule has 1 amide bonds. The molecule has 0 aromatic heterocycles. The minimum atomic E-state index is -0.571. The molecule has 2 N–H and O–H groups in total. The molecule has 0 bridgehead atoms. The largest absolute Gasteiger partial charge is 0.341 e. The third-order valence-electron chi connectivity index (χ3n) is 4.45. The number of nitriles is 1. The van der Waals surface area contributed by atoms with Gasteiger partial charge in [0.05, 0.1) is 17.0 Å². The number of carbonyl (C=O) groups is 1. The molecule has 2 unspecified atom stereocenters. The maximum atomic E-state index is 13.8. The molecule has 0 spiro atoms. The van der Waals surface area contributed by atoms with Crippen LogP contribution >= 0.6 is 0 Å². The van der Waals surface area contributed by atoms with Crippen molar-refractivity contribution in [3.05, 3.63) is 35.1 Å². The highest BCUT2D eigenvalue weighted by Gasteiger charge is 2.44. The standard InChI is InChI=1S/C16H20FN3O/c1-16(7-3-4-14(16)19)15(21)20(2)10-12-8-11(9-18)5-6-13(12)17/h5-6,8,14H,3-4,7,10,19H2,1-2H3. The van der Waals surface area contributed by atoms with Crippen LogP contribution in [0.15, 0.2) is 18.2 Å². The van der Waals surface area contributed by atoms with Crippen molar-refractivity contribution < 1.29 is 9.18 Å². The molecule has 0 radical (unpaired) electrons. The SMILES string of the molecule is CN(Cc1cc(C#N)ccc1F)C(=O)C1(C)CCCC1N. The average molecular weight is 289 g/mol. The van der Waals surface area contributed by atoms with Crippen molar-refractivity contribution in [1.29, 1.82) is 5.26 Å². The van der Waals surface area contributed by atoms with Gasteiger partial charge in [-0.1, -0.05) is 6.42 Å². The number of amides is 1. The Morgan fingerprint density at radius 3 is 2.90 bits per heavy atom. The van der Waals surface area contributed by atoms with E-state index in [0.29, 0.717) is 11.1 Å². The zero-order valence-electron chi connectivity index (χ0n) is 12.4. The topological polar surface area (TPSA) is 70.1 Å². The maximum absolute atomic E-state index is 13.8. The van der Waals surface area contributed by atoms with Crippen LogP contribution in [0.5, 0.6) is 0 Å². The quantitative estimate of drug-likeness (QED) is 0.927. The van der Waals surface area contributed by atoms with Gasteiger partial charge in [-0.05, 0) is 38.0 Å². The lowest BCUT2D eigenvalue weighted by Gasteiger charge is -2.32. The molecule has 21 heavy (non-hydrogen) atoms. The van der Waals surface area contributed by atoms with Crippen LogP contribution in [0.1, 0.15) is 37.3 Å². The van der Waals surface area contributed by atoms with Crippen LogP contribution < -0.4 is 5.73 Å². The van der Waals surface area contributed by atoms with Crippen molar-refractivity contribution in [3.8, 4) is 6.07 Å². The van der Waals surface area contributed by atoms with Crippen molar-refractivity contribution in [3.63, 3.8) is 0 Å². The second-order valence-electron chi connectivity index (χ2n) is 6.00. The molecule has 1 aromatic rings. The number of benzene rings is 1. The highest BCUT2D eigenvalue weighted by molar-refractivity contribution is 5.83. The van der Waals surface area contributed by atoms with Gasteiger partial charge in [0.1, 0.15) is 5.82 Å². The number of nitrogens with zero attached hydrogens (tertiary/aromatic N) is 2. The lowest BCUT2D eigenvalue weighted by Crippen LogP contribution is -2.47. The number of hydrogen-bond donors (Lipinski definition) is 1. The Bertz CT molecular complexity index is 596. The van der Waals surface area contributed by atoms with E-state index in [1.54, 1.807) is 7.05 Å². The summed E-state index contributed by atoms with van der Waals surface area (Å²) in [7, 11) is 1.65. The van der Waals surface area contributed by atoms with Gasteiger partial charge in [-0.3, -0.25) is 4.79 Å². The van der Waals surface area contributed by atoms with Gasteiger partial charge in [0.15, 0.2) is 0 Å². The van der Waals surface area contributed by atoms with Crippen LogP contribution in [-0.2, 0) is 11.3 Å². The molecule has 1 saturated carbocycles. The second-order valence-corrected chi connectivity index (χ2v) is 6.00. The number of carbonyl (C=O) groups excluding carboxylic acids is 1. The zero-order chi connectivity index (χ0) is 15.6. The van der Waals surface area contributed by atoms with Crippen LogP contribution in [0.4, 0.5) is 4.39 Å². The van der Waals surface area contributed by atoms with E-state index in [0.717, 1.165) is 19.3 Å². The van der Waals surface area contributed by atoms with Crippen LogP contribution in [-0.4, -0.2) is 23.9 Å². The third-order valence-corrected chi connectivity index (χ3v) is 4.45. The average Bonchev–Trinajstić information content (AvgIpc) is 2.81. The molecular formula is C16H20FN3O. The Kier molecular flexibility index (Phi) is 4.29. The van der Waals surface area contributed by atoms with Gasteiger partial charge < -0.3 is 10.6 Å². The second kappa shape index (κ2) is 5.82. The first-order valence-electron chi connectivity index (χ1n) is 7.08. The van der Waals surface area contributed by atoms with E-state index in [2.05, 4.69) is 0 Å². The van der Waals surface area contributed by atoms with E-state index in [-0.39, 0.29) is 18.5 Å². The first-order chi connectivity index (χ1) is 9.88. The molecule has 1 fully saturated rings. The molecule has 1 aliphatic rings. The first kappa shape index (κ1) is 15.5. The molecule has 1 aromatic carbocycles. The van der Waals surface area contributed by atoms with Gasteiger partial charge in [0.2, 0.25) is 5.91 Å². The van der Waals surface area contributed by atoms with Crippen molar-refractivity contribution in [2.75, 3.05) is 7.05 Å². The fourth-order valence-corrected chi connectivity index (χ4v) is 2.99. The molecule has 0 saturated heterocycles. The lowest BCUT2D eigenvalue weighted by atomic mass is 9.83. The molecule has 0 aliphatic heterocycles. The number of nitrogens with two attached hydrogens (primary N) is 1. The van der Waals surface area contributed by atoms with Gasteiger partial charge in [-0.15, -0.1) is 0 Å². The van der Waals surface area contributed by atoms with Gasteiger partial charge in [-0.2, -0.15) is 5.26 Å². The van der Waals surface area contributed by atoms with Crippen molar-refractivity contribution >= 4 is 5.91 Å². The molecule has 2 atom stereocenters. The van der Waals surface area contributed by atoms with Gasteiger partial charge in [-0.25, -0.2) is 4.39 Å². The summed E-state index contributed by atoms with van der Waals surface area (Å²) in [4.78, 5) is 14.1. The zero-order valence-corrected chi connectivity index (χ0v) is 12.4. The lowest BCUT2D eigenvalue weighted by molar-refractivity contribution is -0.140. The van der Waals surface area contributed by atoms with Gasteiger partial charge in [0, 0.05) is 25.2 Å². The van der Waals surface area contributed by atoms with E-state index < -0.39 is 11.2 Å². The Hall–Kier alpha value is -1.93. The fourth-order valence-electron chi connectivity index (χ4n) is 2.99. The molecule has 1 aliphatic carbocycles. The molecule has 112 valence electrons. The predicted molar refractivity (Wildman–Crippen MR) is 77.5 cm³/mol. The third kappa shape index (κ3) is 2.91. The minimum Gasteiger partial charge on any atom is -0.341 e. The van der Waals surface area contributed by atoms with Crippen LogP contribution in [0, 0.1) is 22.6 Å². The summed E-state index contributed by atoms with van der Waals surface area (Å²) in [6, 6.07) is 5.99. The Balaban J connectivity index is 2.17. The Labute approximate surface area is 124 Å². The number of hydrogen-bond acceptors (Lipinski definition) is 3. The molecule has 0 heterocycles. The van der Waals surface area contributed by atoms with Crippen molar-refractivity contribution in [2.24, 2.45) is 11.1 Å². The maximum Gasteiger partial charge on any atom is 0.230 e. The molecule has 2 rings (SSSR count). The summed E-state index contributed by atoms with van der Waals surface area (Å²) in [6.07, 6.45) is 2.54.